The zero-order valence-electron chi connectivity index (χ0n) is 14.4. The summed E-state index contributed by atoms with van der Waals surface area (Å²) >= 11 is 0. The van der Waals surface area contributed by atoms with E-state index in [1.807, 2.05) is 0 Å². The van der Waals surface area contributed by atoms with Gasteiger partial charge in [-0.05, 0) is 72.3 Å². The van der Waals surface area contributed by atoms with Gasteiger partial charge in [0.2, 0.25) is 0 Å². The maximum absolute atomic E-state index is 12.8. The van der Waals surface area contributed by atoms with Crippen LogP contribution in [0.4, 0.5) is 18.9 Å². The number of nitrogens with one attached hydrogen (secondary N) is 1. The third-order valence-electron chi connectivity index (χ3n) is 5.19. The summed E-state index contributed by atoms with van der Waals surface area (Å²) in [6.45, 7) is 3.84. The first-order valence-electron chi connectivity index (χ1n) is 8.81. The number of benzene rings is 2. The van der Waals surface area contributed by atoms with Crippen molar-refractivity contribution in [2.75, 3.05) is 24.5 Å². The number of hydrogen-bond donors (Lipinski definition) is 1. The van der Waals surface area contributed by atoms with Gasteiger partial charge >= 0.3 is 6.18 Å². The van der Waals surface area contributed by atoms with Crippen LogP contribution in [0.1, 0.15) is 29.5 Å². The predicted octanol–water partition coefficient (Wildman–Crippen LogP) is 5.04. The summed E-state index contributed by atoms with van der Waals surface area (Å²) in [5.41, 5.74) is 5.08. The average molecular weight is 383 g/mol. The minimum Gasteiger partial charge on any atom is -0.372 e. The van der Waals surface area contributed by atoms with Gasteiger partial charge in [0, 0.05) is 25.3 Å². The molecule has 2 nitrogen and oxygen atoms in total. The van der Waals surface area contributed by atoms with Crippen LogP contribution >= 0.6 is 12.4 Å². The van der Waals surface area contributed by atoms with Crippen LogP contribution in [0.25, 0.3) is 11.1 Å². The Kier molecular flexibility index (Phi) is 5.49. The molecule has 26 heavy (non-hydrogen) atoms. The van der Waals surface area contributed by atoms with Crippen LogP contribution in [0.15, 0.2) is 36.4 Å². The second-order valence-corrected chi connectivity index (χ2v) is 6.83. The van der Waals surface area contributed by atoms with Gasteiger partial charge < -0.3 is 10.2 Å². The summed E-state index contributed by atoms with van der Waals surface area (Å²) in [6.07, 6.45) is -0.985. The largest absolute Gasteiger partial charge is 0.416 e. The van der Waals surface area contributed by atoms with E-state index in [1.54, 1.807) is 12.1 Å². The van der Waals surface area contributed by atoms with E-state index in [2.05, 4.69) is 22.3 Å². The zero-order valence-corrected chi connectivity index (χ0v) is 15.2. The van der Waals surface area contributed by atoms with Crippen LogP contribution in [0.5, 0.6) is 0 Å². The third kappa shape index (κ3) is 3.69. The molecule has 6 heteroatoms. The van der Waals surface area contributed by atoms with Crippen molar-refractivity contribution in [1.29, 1.82) is 0 Å². The van der Waals surface area contributed by atoms with E-state index in [0.717, 1.165) is 43.7 Å². The van der Waals surface area contributed by atoms with Gasteiger partial charge in [-0.1, -0.05) is 12.1 Å². The molecule has 0 aliphatic carbocycles. The second-order valence-electron chi connectivity index (χ2n) is 6.83. The predicted molar refractivity (Wildman–Crippen MR) is 101 cm³/mol. The van der Waals surface area contributed by atoms with Crippen LogP contribution in [0, 0.1) is 0 Å². The SMILES string of the molecule is Cl.FC(F)(F)c1ccc(-c2cc(N3CCCC3)cc3c2CCNC3)cc1. The quantitative estimate of drug-likeness (QED) is 0.782. The molecule has 2 aromatic rings. The Labute approximate surface area is 157 Å². The highest BCUT2D eigenvalue weighted by molar-refractivity contribution is 5.85. The molecule has 0 saturated carbocycles. The molecule has 2 heterocycles. The van der Waals surface area contributed by atoms with E-state index < -0.39 is 11.7 Å². The fraction of sp³-hybridized carbons (Fsp3) is 0.400. The minimum absolute atomic E-state index is 0. The summed E-state index contributed by atoms with van der Waals surface area (Å²) in [4.78, 5) is 2.38. The number of nitrogens with zero attached hydrogens (tertiary/aromatic N) is 1. The van der Waals surface area contributed by atoms with Gasteiger partial charge in [0.1, 0.15) is 0 Å². The molecule has 0 spiro atoms. The summed E-state index contributed by atoms with van der Waals surface area (Å²) in [5.74, 6) is 0. The first-order valence-corrected chi connectivity index (χ1v) is 8.81. The summed E-state index contributed by atoms with van der Waals surface area (Å²) in [5, 5.41) is 3.40. The second kappa shape index (κ2) is 7.49. The maximum Gasteiger partial charge on any atom is 0.416 e. The molecule has 1 N–H and O–H groups in total. The van der Waals surface area contributed by atoms with E-state index in [-0.39, 0.29) is 12.4 Å². The Morgan fingerprint density at radius 1 is 0.962 bits per heavy atom. The van der Waals surface area contributed by atoms with Gasteiger partial charge in [-0.3, -0.25) is 0 Å². The topological polar surface area (TPSA) is 15.3 Å². The first-order chi connectivity index (χ1) is 12.0. The first kappa shape index (κ1) is 19.1. The lowest BCUT2D eigenvalue weighted by molar-refractivity contribution is -0.137. The third-order valence-corrected chi connectivity index (χ3v) is 5.19. The van der Waals surface area contributed by atoms with Crippen molar-refractivity contribution in [1.82, 2.24) is 5.32 Å². The van der Waals surface area contributed by atoms with Crippen molar-refractivity contribution in [3.05, 3.63) is 53.1 Å². The van der Waals surface area contributed by atoms with E-state index in [1.165, 1.54) is 41.8 Å². The Hall–Kier alpha value is -1.72. The van der Waals surface area contributed by atoms with Gasteiger partial charge in [0.25, 0.3) is 0 Å². The van der Waals surface area contributed by atoms with Gasteiger partial charge in [-0.15, -0.1) is 12.4 Å². The van der Waals surface area contributed by atoms with E-state index >= 15 is 0 Å². The molecule has 0 aromatic heterocycles. The van der Waals surface area contributed by atoms with Crippen molar-refractivity contribution >= 4 is 18.1 Å². The monoisotopic (exact) mass is 382 g/mol. The molecule has 1 saturated heterocycles. The number of hydrogen-bond acceptors (Lipinski definition) is 2. The molecular formula is C20H22ClF3N2. The molecule has 0 atom stereocenters. The van der Waals surface area contributed by atoms with Gasteiger partial charge in [0.15, 0.2) is 0 Å². The average Bonchev–Trinajstić information content (AvgIpc) is 3.15. The summed E-state index contributed by atoms with van der Waals surface area (Å²) in [6, 6.07) is 10.00. The van der Waals surface area contributed by atoms with Crippen molar-refractivity contribution in [2.24, 2.45) is 0 Å². The lowest BCUT2D eigenvalue weighted by atomic mass is 9.90. The molecule has 0 radical (unpaired) electrons. The normalized spacial score (nSPS) is 17.0. The van der Waals surface area contributed by atoms with Crippen LogP contribution in [-0.4, -0.2) is 19.6 Å². The van der Waals surface area contributed by atoms with Gasteiger partial charge in [-0.25, -0.2) is 0 Å². The van der Waals surface area contributed by atoms with Crippen LogP contribution < -0.4 is 10.2 Å². The number of rotatable bonds is 2. The van der Waals surface area contributed by atoms with Gasteiger partial charge in [0.05, 0.1) is 5.56 Å². The number of halogens is 4. The number of anilines is 1. The van der Waals surface area contributed by atoms with E-state index in [4.69, 9.17) is 0 Å². The molecular weight excluding hydrogens is 361 g/mol. The van der Waals surface area contributed by atoms with E-state index in [9.17, 15) is 13.2 Å². The molecule has 2 aliphatic heterocycles. The van der Waals surface area contributed by atoms with Crippen LogP contribution in [0.2, 0.25) is 0 Å². The minimum atomic E-state index is -4.29. The van der Waals surface area contributed by atoms with Crippen molar-refractivity contribution in [3.8, 4) is 11.1 Å². The van der Waals surface area contributed by atoms with Crippen molar-refractivity contribution < 1.29 is 13.2 Å². The summed E-state index contributed by atoms with van der Waals surface area (Å²) < 4.78 is 38.5. The molecule has 0 amide bonds. The Bertz CT molecular complexity index is 766. The Morgan fingerprint density at radius 3 is 2.31 bits per heavy atom. The smallest absolute Gasteiger partial charge is 0.372 e. The molecule has 2 aliphatic rings. The lowest BCUT2D eigenvalue weighted by Crippen LogP contribution is -2.25. The maximum atomic E-state index is 12.8. The Balaban J connectivity index is 0.00000196. The highest BCUT2D eigenvalue weighted by Gasteiger charge is 2.30. The fourth-order valence-electron chi connectivity index (χ4n) is 3.86. The van der Waals surface area contributed by atoms with Crippen molar-refractivity contribution in [2.45, 2.75) is 32.0 Å². The van der Waals surface area contributed by atoms with Crippen LogP contribution in [-0.2, 0) is 19.1 Å². The molecule has 0 bridgehead atoms. The molecule has 140 valence electrons. The fourth-order valence-corrected chi connectivity index (χ4v) is 3.86. The molecule has 4 rings (SSSR count). The molecule has 2 aromatic carbocycles. The number of fused-ring (bicyclic) bond motifs is 1. The standard InChI is InChI=1S/C20H21F3N2.ClH/c21-20(22,23)16-5-3-14(4-6-16)19-12-17(25-9-1-2-10-25)11-15-13-24-8-7-18(15)19;/h3-6,11-12,24H,1-2,7-10,13H2;1H. The number of alkyl halides is 3. The zero-order chi connectivity index (χ0) is 17.4. The molecule has 1 fully saturated rings. The van der Waals surface area contributed by atoms with E-state index in [0.29, 0.717) is 0 Å². The van der Waals surface area contributed by atoms with Crippen molar-refractivity contribution in [3.63, 3.8) is 0 Å². The summed E-state index contributed by atoms with van der Waals surface area (Å²) in [7, 11) is 0. The lowest BCUT2D eigenvalue weighted by Gasteiger charge is -2.26. The highest BCUT2D eigenvalue weighted by atomic mass is 35.5. The van der Waals surface area contributed by atoms with Gasteiger partial charge in [-0.2, -0.15) is 13.2 Å². The molecule has 0 unspecified atom stereocenters. The highest BCUT2D eigenvalue weighted by Crippen LogP contribution is 2.36. The Morgan fingerprint density at radius 2 is 1.65 bits per heavy atom. The van der Waals surface area contributed by atoms with Crippen LogP contribution in [0.3, 0.4) is 0 Å².